The van der Waals surface area contributed by atoms with Crippen LogP contribution in [-0.4, -0.2) is 21.7 Å². The fraction of sp³-hybridized carbons (Fsp3) is 0.208. The molecule has 0 saturated heterocycles. The molecule has 2 amide bonds. The van der Waals surface area contributed by atoms with Crippen molar-refractivity contribution < 1.29 is 14.0 Å². The van der Waals surface area contributed by atoms with Crippen LogP contribution in [0.5, 0.6) is 0 Å². The average molecular weight is 438 g/mol. The largest absolute Gasteiger partial charge is 0.368 e. The molecule has 2 N–H and O–H groups in total. The number of rotatable bonds is 5. The predicted octanol–water partition coefficient (Wildman–Crippen LogP) is 4.54. The third kappa shape index (κ3) is 3.91. The van der Waals surface area contributed by atoms with E-state index >= 15 is 0 Å². The summed E-state index contributed by atoms with van der Waals surface area (Å²) in [6.07, 6.45) is 4.01. The van der Waals surface area contributed by atoms with Crippen molar-refractivity contribution in [3.8, 4) is 0 Å². The second-order valence-corrected chi connectivity index (χ2v) is 8.06. The van der Waals surface area contributed by atoms with Gasteiger partial charge in [0.15, 0.2) is 0 Å². The number of hydrogen-bond acceptors (Lipinski definition) is 3. The molecule has 1 heterocycles. The SMILES string of the molecule is Cc1cnccc1C(=O)N(C(C(N)=O)c1ccccc1)[C@@H]1CCc2c(F)cc(Cl)cc21. The van der Waals surface area contributed by atoms with Crippen LogP contribution >= 0.6 is 11.6 Å². The van der Waals surface area contributed by atoms with E-state index in [-0.39, 0.29) is 10.9 Å². The lowest BCUT2D eigenvalue weighted by Gasteiger charge is -2.36. The first-order valence-corrected chi connectivity index (χ1v) is 10.3. The molecule has 1 unspecified atom stereocenters. The molecule has 31 heavy (non-hydrogen) atoms. The Morgan fingerprint density at radius 2 is 1.97 bits per heavy atom. The zero-order valence-electron chi connectivity index (χ0n) is 16.9. The van der Waals surface area contributed by atoms with E-state index < -0.39 is 23.8 Å². The van der Waals surface area contributed by atoms with Crippen LogP contribution in [0.1, 0.15) is 51.1 Å². The molecule has 0 saturated carbocycles. The van der Waals surface area contributed by atoms with Gasteiger partial charge in [-0.1, -0.05) is 41.9 Å². The first kappa shape index (κ1) is 21.0. The van der Waals surface area contributed by atoms with Gasteiger partial charge in [-0.15, -0.1) is 0 Å². The summed E-state index contributed by atoms with van der Waals surface area (Å²) in [5.74, 6) is -1.44. The van der Waals surface area contributed by atoms with Crippen LogP contribution in [0.2, 0.25) is 5.02 Å². The van der Waals surface area contributed by atoms with Gasteiger partial charge in [-0.25, -0.2) is 4.39 Å². The molecule has 4 rings (SSSR count). The van der Waals surface area contributed by atoms with Crippen molar-refractivity contribution in [1.82, 2.24) is 9.88 Å². The van der Waals surface area contributed by atoms with Gasteiger partial charge < -0.3 is 10.6 Å². The predicted molar refractivity (Wildman–Crippen MR) is 116 cm³/mol. The van der Waals surface area contributed by atoms with Crippen molar-refractivity contribution in [2.24, 2.45) is 5.73 Å². The average Bonchev–Trinajstić information content (AvgIpc) is 3.16. The second-order valence-electron chi connectivity index (χ2n) is 7.63. The summed E-state index contributed by atoms with van der Waals surface area (Å²) < 4.78 is 14.6. The summed E-state index contributed by atoms with van der Waals surface area (Å²) >= 11 is 6.14. The number of pyridine rings is 1. The van der Waals surface area contributed by atoms with Gasteiger partial charge >= 0.3 is 0 Å². The van der Waals surface area contributed by atoms with Crippen LogP contribution in [0.25, 0.3) is 0 Å². The van der Waals surface area contributed by atoms with Gasteiger partial charge in [0.2, 0.25) is 5.91 Å². The standard InChI is InChI=1S/C24H21ClFN3O2/c1-14-13-28-10-9-17(14)24(31)29(22(23(27)30)15-5-3-2-4-6-15)21-8-7-18-19(21)11-16(25)12-20(18)26/h2-6,9-13,21-22H,7-8H2,1H3,(H2,27,30)/t21-,22?/m1/s1. The van der Waals surface area contributed by atoms with Gasteiger partial charge in [0.05, 0.1) is 6.04 Å². The number of nitrogens with two attached hydrogens (primary N) is 1. The summed E-state index contributed by atoms with van der Waals surface area (Å²) in [4.78, 5) is 32.0. The lowest BCUT2D eigenvalue weighted by atomic mass is 9.97. The van der Waals surface area contributed by atoms with Crippen molar-refractivity contribution in [3.63, 3.8) is 0 Å². The number of halogens is 2. The maximum atomic E-state index is 14.6. The molecule has 158 valence electrons. The Morgan fingerprint density at radius 1 is 1.23 bits per heavy atom. The zero-order chi connectivity index (χ0) is 22.1. The highest BCUT2D eigenvalue weighted by Crippen LogP contribution is 2.43. The monoisotopic (exact) mass is 437 g/mol. The Balaban J connectivity index is 1.90. The maximum Gasteiger partial charge on any atom is 0.255 e. The Hall–Kier alpha value is -3.25. The first-order chi connectivity index (χ1) is 14.9. The zero-order valence-corrected chi connectivity index (χ0v) is 17.6. The molecule has 7 heteroatoms. The van der Waals surface area contributed by atoms with Crippen LogP contribution in [0.15, 0.2) is 60.9 Å². The normalized spacial score (nSPS) is 15.9. The highest BCUT2D eigenvalue weighted by atomic mass is 35.5. The molecule has 0 spiro atoms. The van der Waals surface area contributed by atoms with Crippen molar-refractivity contribution in [2.45, 2.75) is 31.8 Å². The van der Waals surface area contributed by atoms with Crippen LogP contribution in [0, 0.1) is 12.7 Å². The van der Waals surface area contributed by atoms with E-state index in [1.807, 2.05) is 6.07 Å². The third-order valence-electron chi connectivity index (χ3n) is 5.71. The molecule has 2 atom stereocenters. The minimum atomic E-state index is -1.03. The summed E-state index contributed by atoms with van der Waals surface area (Å²) in [5, 5.41) is 0.242. The highest BCUT2D eigenvalue weighted by molar-refractivity contribution is 6.30. The van der Waals surface area contributed by atoms with Crippen molar-refractivity contribution in [3.05, 3.63) is 99.6 Å². The van der Waals surface area contributed by atoms with E-state index in [1.165, 1.54) is 17.2 Å². The Morgan fingerprint density at radius 3 is 2.65 bits per heavy atom. The van der Waals surface area contributed by atoms with Gasteiger partial charge in [0.25, 0.3) is 5.91 Å². The van der Waals surface area contributed by atoms with Gasteiger partial charge in [-0.2, -0.15) is 0 Å². The van der Waals surface area contributed by atoms with Crippen LogP contribution in [0.3, 0.4) is 0 Å². The Kier molecular flexibility index (Phi) is 5.74. The molecule has 2 aromatic carbocycles. The third-order valence-corrected chi connectivity index (χ3v) is 5.92. The van der Waals surface area contributed by atoms with Crippen molar-refractivity contribution in [1.29, 1.82) is 0 Å². The Bertz CT molecular complexity index is 1150. The number of primary amides is 1. The number of aryl methyl sites for hydroxylation is 1. The molecule has 1 aliphatic carbocycles. The minimum absolute atomic E-state index is 0.242. The quantitative estimate of drug-likeness (QED) is 0.636. The number of fused-ring (bicyclic) bond motifs is 1. The van der Waals surface area contributed by atoms with Gasteiger partial charge in [0, 0.05) is 23.0 Å². The topological polar surface area (TPSA) is 76.3 Å². The first-order valence-electron chi connectivity index (χ1n) is 9.94. The number of aromatic nitrogens is 1. The summed E-state index contributed by atoms with van der Waals surface area (Å²) in [5.41, 5.74) is 8.61. The van der Waals surface area contributed by atoms with E-state index in [1.54, 1.807) is 49.5 Å². The van der Waals surface area contributed by atoms with E-state index in [0.717, 1.165) is 0 Å². The molecular formula is C24H21ClFN3O2. The van der Waals surface area contributed by atoms with Crippen LogP contribution in [-0.2, 0) is 11.2 Å². The molecular weight excluding hydrogens is 417 g/mol. The number of nitrogens with zero attached hydrogens (tertiary/aromatic N) is 2. The summed E-state index contributed by atoms with van der Waals surface area (Å²) in [6, 6.07) is 11.9. The fourth-order valence-corrected chi connectivity index (χ4v) is 4.51. The maximum absolute atomic E-state index is 14.6. The molecule has 0 aliphatic heterocycles. The van der Waals surface area contributed by atoms with Gasteiger partial charge in [-0.05, 0) is 60.2 Å². The lowest BCUT2D eigenvalue weighted by Crippen LogP contribution is -2.43. The molecule has 0 radical (unpaired) electrons. The van der Waals surface area contributed by atoms with E-state index in [4.69, 9.17) is 17.3 Å². The number of carbonyl (C=O) groups excluding carboxylic acids is 2. The summed E-state index contributed by atoms with van der Waals surface area (Å²) in [6.45, 7) is 1.78. The van der Waals surface area contributed by atoms with Crippen LogP contribution < -0.4 is 5.73 Å². The van der Waals surface area contributed by atoms with Gasteiger partial charge in [-0.3, -0.25) is 14.6 Å². The highest BCUT2D eigenvalue weighted by Gasteiger charge is 2.40. The molecule has 0 bridgehead atoms. The number of carbonyl (C=O) groups is 2. The van der Waals surface area contributed by atoms with Crippen molar-refractivity contribution in [2.75, 3.05) is 0 Å². The Labute approximate surface area is 184 Å². The minimum Gasteiger partial charge on any atom is -0.368 e. The molecule has 3 aromatic rings. The lowest BCUT2D eigenvalue weighted by molar-refractivity contribution is -0.123. The van der Waals surface area contributed by atoms with Crippen LogP contribution in [0.4, 0.5) is 4.39 Å². The van der Waals surface area contributed by atoms with E-state index in [2.05, 4.69) is 4.98 Å². The molecule has 1 aliphatic rings. The smallest absolute Gasteiger partial charge is 0.255 e. The number of amides is 2. The van der Waals surface area contributed by atoms with E-state index in [0.29, 0.717) is 40.7 Å². The molecule has 1 aromatic heterocycles. The molecule has 5 nitrogen and oxygen atoms in total. The summed E-state index contributed by atoms with van der Waals surface area (Å²) in [7, 11) is 0. The fourth-order valence-electron chi connectivity index (χ4n) is 4.30. The molecule has 0 fully saturated rings. The van der Waals surface area contributed by atoms with Gasteiger partial charge in [0.1, 0.15) is 11.9 Å². The number of benzene rings is 2. The number of hydrogen-bond donors (Lipinski definition) is 1. The van der Waals surface area contributed by atoms with Crippen molar-refractivity contribution >= 4 is 23.4 Å². The van der Waals surface area contributed by atoms with E-state index in [9.17, 15) is 14.0 Å². The second kappa shape index (κ2) is 8.47.